The number of halogens is 5. The van der Waals surface area contributed by atoms with Crippen molar-refractivity contribution in [3.8, 4) is 11.1 Å². The summed E-state index contributed by atoms with van der Waals surface area (Å²) in [6.07, 6.45) is -3.70. The molecule has 1 atom stereocenters. The van der Waals surface area contributed by atoms with Crippen LogP contribution in [0.15, 0.2) is 102 Å². The summed E-state index contributed by atoms with van der Waals surface area (Å²) < 4.78 is 69.1. The molecule has 1 unspecified atom stereocenters. The lowest BCUT2D eigenvalue weighted by Gasteiger charge is -2.27. The SMILES string of the molecule is CN(C)CCC(C(=O)NCc1ccc(-c2ccc(C(F)(F)F)cc2)cc1)n1c(CCc2cccc(F)c2F)cc(=O)c2ccccc21. The van der Waals surface area contributed by atoms with Crippen LogP contribution in [0.4, 0.5) is 22.0 Å². The third-order valence-electron chi connectivity index (χ3n) is 8.15. The van der Waals surface area contributed by atoms with Gasteiger partial charge < -0.3 is 14.8 Å². The molecule has 5 rings (SSSR count). The Kier molecular flexibility index (Phi) is 10.2. The predicted molar refractivity (Wildman–Crippen MR) is 173 cm³/mol. The Morgan fingerprint density at radius 3 is 2.17 bits per heavy atom. The third-order valence-corrected chi connectivity index (χ3v) is 8.15. The van der Waals surface area contributed by atoms with Crippen molar-refractivity contribution in [3.63, 3.8) is 0 Å². The minimum atomic E-state index is -4.41. The molecule has 0 bridgehead atoms. The molecule has 1 N–H and O–H groups in total. The molecule has 0 fully saturated rings. The molecule has 5 nitrogen and oxygen atoms in total. The Balaban J connectivity index is 1.41. The fourth-order valence-electron chi connectivity index (χ4n) is 5.64. The molecule has 0 radical (unpaired) electrons. The molecule has 10 heteroatoms. The van der Waals surface area contributed by atoms with Gasteiger partial charge in [0.05, 0.1) is 11.1 Å². The first-order chi connectivity index (χ1) is 22.4. The molecule has 0 aliphatic rings. The second kappa shape index (κ2) is 14.3. The fourth-order valence-corrected chi connectivity index (χ4v) is 5.64. The summed E-state index contributed by atoms with van der Waals surface area (Å²) in [5, 5.41) is 3.45. The van der Waals surface area contributed by atoms with Gasteiger partial charge in [-0.25, -0.2) is 8.78 Å². The molecule has 0 aliphatic carbocycles. The van der Waals surface area contributed by atoms with E-state index in [1.54, 1.807) is 48.5 Å². The number of rotatable bonds is 11. The Hall–Kier alpha value is -4.83. The average molecular weight is 648 g/mol. The maximum Gasteiger partial charge on any atom is 0.416 e. The minimum absolute atomic E-state index is 0.120. The molecule has 0 aliphatic heterocycles. The molecule has 244 valence electrons. The summed E-state index contributed by atoms with van der Waals surface area (Å²) >= 11 is 0. The summed E-state index contributed by atoms with van der Waals surface area (Å²) in [7, 11) is 3.79. The highest BCUT2D eigenvalue weighted by atomic mass is 19.4. The number of alkyl halides is 3. The number of carbonyl (C=O) groups is 1. The summed E-state index contributed by atoms with van der Waals surface area (Å²) in [5.41, 5.74) is 2.46. The molecule has 4 aromatic carbocycles. The molecule has 1 heterocycles. The van der Waals surface area contributed by atoms with Crippen LogP contribution in [0.1, 0.15) is 34.8 Å². The first-order valence-corrected chi connectivity index (χ1v) is 15.2. The molecule has 1 aromatic heterocycles. The van der Waals surface area contributed by atoms with Crippen molar-refractivity contribution >= 4 is 16.8 Å². The van der Waals surface area contributed by atoms with Gasteiger partial charge in [-0.1, -0.05) is 60.7 Å². The number of hydrogen-bond donors (Lipinski definition) is 1. The number of nitrogens with one attached hydrogen (secondary N) is 1. The number of para-hydroxylation sites is 1. The lowest BCUT2D eigenvalue weighted by molar-refractivity contribution is -0.137. The first-order valence-electron chi connectivity index (χ1n) is 15.2. The van der Waals surface area contributed by atoms with E-state index in [1.807, 2.05) is 23.6 Å². The van der Waals surface area contributed by atoms with Crippen molar-refractivity contribution in [2.24, 2.45) is 0 Å². The van der Waals surface area contributed by atoms with E-state index in [1.165, 1.54) is 30.3 Å². The zero-order valence-electron chi connectivity index (χ0n) is 26.0. The standard InChI is InChI=1S/C37H34F5N3O2/c1-44(2)21-20-33(36(47)43-23-24-10-12-25(13-11-24)26-14-17-28(18-15-26)37(40,41)42)45-29(19-16-27-6-5-8-31(38)35(27)39)22-34(46)30-7-3-4-9-32(30)45/h3-15,17-18,22,33H,16,19-21,23H2,1-2H3,(H,43,47). The van der Waals surface area contributed by atoms with E-state index in [9.17, 15) is 31.5 Å². The molecule has 47 heavy (non-hydrogen) atoms. The average Bonchev–Trinajstić information content (AvgIpc) is 3.05. The van der Waals surface area contributed by atoms with Crippen molar-refractivity contribution < 1.29 is 26.7 Å². The van der Waals surface area contributed by atoms with Crippen LogP contribution in [0, 0.1) is 11.6 Å². The number of benzene rings is 4. The van der Waals surface area contributed by atoms with Crippen molar-refractivity contribution in [2.45, 2.75) is 38.0 Å². The fraction of sp³-hybridized carbons (Fsp3) is 0.243. The number of nitrogens with zero attached hydrogens (tertiary/aromatic N) is 2. The molecular formula is C37H34F5N3O2. The van der Waals surface area contributed by atoms with Crippen LogP contribution in [-0.4, -0.2) is 36.0 Å². The second-order valence-corrected chi connectivity index (χ2v) is 11.7. The van der Waals surface area contributed by atoms with Gasteiger partial charge in [-0.05, 0) is 85.9 Å². The highest BCUT2D eigenvalue weighted by Gasteiger charge is 2.30. The molecule has 5 aromatic rings. The third kappa shape index (κ3) is 7.94. The Morgan fingerprint density at radius 2 is 1.51 bits per heavy atom. The zero-order valence-corrected chi connectivity index (χ0v) is 26.0. The number of aromatic nitrogens is 1. The number of fused-ring (bicyclic) bond motifs is 1. The van der Waals surface area contributed by atoms with Crippen LogP contribution in [-0.2, 0) is 30.4 Å². The zero-order chi connectivity index (χ0) is 33.7. The maximum absolute atomic E-state index is 14.5. The quantitative estimate of drug-likeness (QED) is 0.151. The van der Waals surface area contributed by atoms with Gasteiger partial charge in [0.25, 0.3) is 0 Å². The van der Waals surface area contributed by atoms with Crippen LogP contribution in [0.3, 0.4) is 0 Å². The number of hydrogen-bond acceptors (Lipinski definition) is 3. The topological polar surface area (TPSA) is 54.3 Å². The van der Waals surface area contributed by atoms with E-state index >= 15 is 0 Å². The smallest absolute Gasteiger partial charge is 0.350 e. The highest BCUT2D eigenvalue weighted by Crippen LogP contribution is 2.31. The number of aryl methyl sites for hydroxylation is 2. The first kappa shape index (κ1) is 33.5. The summed E-state index contributed by atoms with van der Waals surface area (Å²) in [5.74, 6) is -2.17. The van der Waals surface area contributed by atoms with Crippen molar-refractivity contribution in [2.75, 3.05) is 20.6 Å². The van der Waals surface area contributed by atoms with Gasteiger partial charge in [0, 0.05) is 30.2 Å². The van der Waals surface area contributed by atoms with Crippen LogP contribution >= 0.6 is 0 Å². The highest BCUT2D eigenvalue weighted by molar-refractivity contribution is 5.85. The van der Waals surface area contributed by atoms with E-state index in [-0.39, 0.29) is 36.3 Å². The van der Waals surface area contributed by atoms with Crippen LogP contribution in [0.5, 0.6) is 0 Å². The van der Waals surface area contributed by atoms with Gasteiger partial charge in [0.2, 0.25) is 5.91 Å². The van der Waals surface area contributed by atoms with Crippen LogP contribution < -0.4 is 10.7 Å². The van der Waals surface area contributed by atoms with Crippen molar-refractivity contribution in [1.29, 1.82) is 0 Å². The lowest BCUT2D eigenvalue weighted by atomic mass is 10.0. The van der Waals surface area contributed by atoms with Crippen LogP contribution in [0.25, 0.3) is 22.0 Å². The van der Waals surface area contributed by atoms with Crippen molar-refractivity contribution in [1.82, 2.24) is 14.8 Å². The molecule has 0 saturated heterocycles. The number of amides is 1. The summed E-state index contributed by atoms with van der Waals surface area (Å²) in [6.45, 7) is 0.741. The van der Waals surface area contributed by atoms with Gasteiger partial charge in [0.1, 0.15) is 6.04 Å². The molecule has 0 saturated carbocycles. The van der Waals surface area contributed by atoms with E-state index in [0.717, 1.165) is 29.3 Å². The predicted octanol–water partition coefficient (Wildman–Crippen LogP) is 7.56. The number of carbonyl (C=O) groups excluding carboxylic acids is 1. The van der Waals surface area contributed by atoms with Gasteiger partial charge in [0.15, 0.2) is 17.1 Å². The van der Waals surface area contributed by atoms with E-state index in [4.69, 9.17) is 0 Å². The Morgan fingerprint density at radius 1 is 0.851 bits per heavy atom. The Labute approximate surface area is 269 Å². The molecule has 1 amide bonds. The Bertz CT molecular complexity index is 1920. The maximum atomic E-state index is 14.5. The largest absolute Gasteiger partial charge is 0.416 e. The molecule has 0 spiro atoms. The van der Waals surface area contributed by atoms with Gasteiger partial charge in [-0.3, -0.25) is 9.59 Å². The monoisotopic (exact) mass is 647 g/mol. The normalized spacial score (nSPS) is 12.4. The second-order valence-electron chi connectivity index (χ2n) is 11.7. The van der Waals surface area contributed by atoms with Crippen LogP contribution in [0.2, 0.25) is 0 Å². The van der Waals surface area contributed by atoms with Gasteiger partial charge in [-0.15, -0.1) is 0 Å². The summed E-state index contributed by atoms with van der Waals surface area (Å²) in [6, 6.07) is 23.8. The number of pyridine rings is 1. The van der Waals surface area contributed by atoms with E-state index in [0.29, 0.717) is 35.1 Å². The minimum Gasteiger partial charge on any atom is -0.350 e. The van der Waals surface area contributed by atoms with E-state index in [2.05, 4.69) is 5.32 Å². The summed E-state index contributed by atoms with van der Waals surface area (Å²) in [4.78, 5) is 29.0. The van der Waals surface area contributed by atoms with Gasteiger partial charge >= 0.3 is 6.18 Å². The van der Waals surface area contributed by atoms with Crippen molar-refractivity contribution in [3.05, 3.63) is 141 Å². The lowest BCUT2D eigenvalue weighted by Crippen LogP contribution is -2.36. The molecular weight excluding hydrogens is 613 g/mol. The van der Waals surface area contributed by atoms with Gasteiger partial charge in [-0.2, -0.15) is 13.2 Å². The van der Waals surface area contributed by atoms with E-state index < -0.39 is 29.4 Å².